The van der Waals surface area contributed by atoms with Gasteiger partial charge in [-0.15, -0.1) is 0 Å². The van der Waals surface area contributed by atoms with Gasteiger partial charge in [-0.3, -0.25) is 4.68 Å². The summed E-state index contributed by atoms with van der Waals surface area (Å²) in [4.78, 5) is 4.34. The van der Waals surface area contributed by atoms with Crippen LogP contribution in [0.15, 0.2) is 29.0 Å². The summed E-state index contributed by atoms with van der Waals surface area (Å²) < 4.78 is 3.01. The van der Waals surface area contributed by atoms with Crippen LogP contribution < -0.4 is 5.32 Å². The Morgan fingerprint density at radius 2 is 2.20 bits per heavy atom. The number of aryl methyl sites for hydroxylation is 2. The Morgan fingerprint density at radius 3 is 2.85 bits per heavy atom. The van der Waals surface area contributed by atoms with E-state index in [0.717, 1.165) is 25.2 Å². The molecule has 0 aliphatic rings. The fourth-order valence-electron chi connectivity index (χ4n) is 2.24. The van der Waals surface area contributed by atoms with E-state index in [-0.39, 0.29) is 6.04 Å². The topological polar surface area (TPSA) is 42.7 Å². The zero-order valence-corrected chi connectivity index (χ0v) is 13.8. The van der Waals surface area contributed by atoms with Crippen LogP contribution in [0.2, 0.25) is 0 Å². The number of nitrogens with one attached hydrogen (secondary N) is 1. The van der Waals surface area contributed by atoms with E-state index in [2.05, 4.69) is 63.4 Å². The Labute approximate surface area is 128 Å². The molecule has 1 aromatic carbocycles. The van der Waals surface area contributed by atoms with Crippen LogP contribution >= 0.6 is 15.9 Å². The van der Waals surface area contributed by atoms with Crippen LogP contribution in [0.1, 0.15) is 36.3 Å². The molecule has 1 aromatic heterocycles. The molecule has 5 heteroatoms. The predicted octanol–water partition coefficient (Wildman–Crippen LogP) is 3.17. The molecule has 2 rings (SSSR count). The summed E-state index contributed by atoms with van der Waals surface area (Å²) in [6.07, 6.45) is 3.55. The van der Waals surface area contributed by atoms with Crippen molar-refractivity contribution < 1.29 is 0 Å². The lowest BCUT2D eigenvalue weighted by molar-refractivity contribution is 0.505. The predicted molar refractivity (Wildman–Crippen MR) is 84.6 cm³/mol. The second-order valence-electron chi connectivity index (χ2n) is 4.99. The maximum absolute atomic E-state index is 4.34. The van der Waals surface area contributed by atoms with Gasteiger partial charge in [-0.1, -0.05) is 41.1 Å². The molecular formula is C15H21BrN4. The third kappa shape index (κ3) is 3.46. The van der Waals surface area contributed by atoms with E-state index in [4.69, 9.17) is 0 Å². The molecule has 0 radical (unpaired) electrons. The number of rotatable bonds is 6. The van der Waals surface area contributed by atoms with E-state index in [1.54, 1.807) is 6.33 Å². The highest BCUT2D eigenvalue weighted by Gasteiger charge is 2.17. The van der Waals surface area contributed by atoms with Crippen molar-refractivity contribution >= 4 is 15.9 Å². The normalized spacial score (nSPS) is 12.6. The van der Waals surface area contributed by atoms with E-state index in [0.29, 0.717) is 0 Å². The highest BCUT2D eigenvalue weighted by atomic mass is 79.9. The molecule has 108 valence electrons. The third-order valence-electron chi connectivity index (χ3n) is 3.43. The van der Waals surface area contributed by atoms with E-state index < -0.39 is 0 Å². The van der Waals surface area contributed by atoms with Gasteiger partial charge in [0.25, 0.3) is 0 Å². The van der Waals surface area contributed by atoms with Crippen molar-refractivity contribution in [3.05, 3.63) is 46.0 Å². The highest BCUT2D eigenvalue weighted by Crippen LogP contribution is 2.28. The molecule has 0 fully saturated rings. The van der Waals surface area contributed by atoms with Crippen molar-refractivity contribution in [2.24, 2.45) is 7.05 Å². The number of hydrogen-bond acceptors (Lipinski definition) is 3. The minimum atomic E-state index is 0.243. The molecule has 1 unspecified atom stereocenters. The second kappa shape index (κ2) is 6.99. The van der Waals surface area contributed by atoms with Crippen LogP contribution in [0, 0.1) is 6.92 Å². The van der Waals surface area contributed by atoms with Crippen molar-refractivity contribution in [3.8, 4) is 0 Å². The van der Waals surface area contributed by atoms with Gasteiger partial charge in [0.05, 0.1) is 0 Å². The molecule has 1 heterocycles. The molecule has 2 aromatic rings. The van der Waals surface area contributed by atoms with Crippen LogP contribution in [-0.4, -0.2) is 21.3 Å². The Bertz CT molecular complexity index is 565. The monoisotopic (exact) mass is 336 g/mol. The first-order valence-electron chi connectivity index (χ1n) is 6.94. The molecule has 0 bridgehead atoms. The Morgan fingerprint density at radius 1 is 1.40 bits per heavy atom. The van der Waals surface area contributed by atoms with Gasteiger partial charge in [0.2, 0.25) is 0 Å². The van der Waals surface area contributed by atoms with Crippen LogP contribution in [0.25, 0.3) is 0 Å². The van der Waals surface area contributed by atoms with E-state index in [1.165, 1.54) is 15.6 Å². The number of aromatic nitrogens is 3. The van der Waals surface area contributed by atoms with Gasteiger partial charge < -0.3 is 5.32 Å². The third-order valence-corrected chi connectivity index (χ3v) is 4.51. The largest absolute Gasteiger partial charge is 0.310 e. The standard InChI is InChI=1S/C15H21BrN4/c1-4-8-17-13(9-14-18-10-19-20(14)3)12-7-5-6-11(2)15(12)16/h5-7,10,13,17H,4,8-9H2,1-3H3. The zero-order valence-electron chi connectivity index (χ0n) is 12.2. The summed E-state index contributed by atoms with van der Waals surface area (Å²) in [5.41, 5.74) is 2.53. The minimum absolute atomic E-state index is 0.243. The van der Waals surface area contributed by atoms with Crippen LogP contribution in [0.4, 0.5) is 0 Å². The van der Waals surface area contributed by atoms with E-state index in [1.807, 2.05) is 11.7 Å². The van der Waals surface area contributed by atoms with E-state index >= 15 is 0 Å². The lowest BCUT2D eigenvalue weighted by Crippen LogP contribution is -2.25. The van der Waals surface area contributed by atoms with Crippen LogP contribution in [0.5, 0.6) is 0 Å². The molecule has 1 N–H and O–H groups in total. The van der Waals surface area contributed by atoms with Gasteiger partial charge >= 0.3 is 0 Å². The molecule has 0 aliphatic carbocycles. The summed E-state index contributed by atoms with van der Waals surface area (Å²) in [6, 6.07) is 6.63. The Balaban J connectivity index is 2.27. The zero-order chi connectivity index (χ0) is 14.5. The van der Waals surface area contributed by atoms with Crippen molar-refractivity contribution in [2.75, 3.05) is 6.54 Å². The SMILES string of the molecule is CCCNC(Cc1ncnn1C)c1cccc(C)c1Br. The lowest BCUT2D eigenvalue weighted by atomic mass is 10.0. The summed E-state index contributed by atoms with van der Waals surface area (Å²) in [5.74, 6) is 0.993. The van der Waals surface area contributed by atoms with E-state index in [9.17, 15) is 0 Å². The number of hydrogen-bond donors (Lipinski definition) is 1. The molecule has 0 amide bonds. The van der Waals surface area contributed by atoms with Gasteiger partial charge in [0.1, 0.15) is 12.2 Å². The first-order chi connectivity index (χ1) is 9.63. The van der Waals surface area contributed by atoms with Crippen LogP contribution in [-0.2, 0) is 13.5 Å². The van der Waals surface area contributed by atoms with Gasteiger partial charge in [-0.2, -0.15) is 5.10 Å². The maximum atomic E-state index is 4.34. The average molecular weight is 337 g/mol. The van der Waals surface area contributed by atoms with Gasteiger partial charge in [-0.05, 0) is 31.0 Å². The Hall–Kier alpha value is -1.20. The molecule has 20 heavy (non-hydrogen) atoms. The quantitative estimate of drug-likeness (QED) is 0.880. The molecule has 0 aliphatic heterocycles. The molecule has 0 saturated heterocycles. The summed E-state index contributed by atoms with van der Waals surface area (Å²) >= 11 is 3.71. The minimum Gasteiger partial charge on any atom is -0.310 e. The average Bonchev–Trinajstić information content (AvgIpc) is 2.83. The number of halogens is 1. The number of nitrogens with zero attached hydrogens (tertiary/aromatic N) is 3. The van der Waals surface area contributed by atoms with Crippen molar-refractivity contribution in [1.29, 1.82) is 0 Å². The lowest BCUT2D eigenvalue weighted by Gasteiger charge is -2.20. The van der Waals surface area contributed by atoms with Crippen LogP contribution in [0.3, 0.4) is 0 Å². The van der Waals surface area contributed by atoms with Gasteiger partial charge in [-0.25, -0.2) is 4.98 Å². The summed E-state index contributed by atoms with van der Waals surface area (Å²) in [5, 5.41) is 7.76. The van der Waals surface area contributed by atoms with Gasteiger partial charge in [0, 0.05) is 24.0 Å². The maximum Gasteiger partial charge on any atom is 0.138 e. The summed E-state index contributed by atoms with van der Waals surface area (Å²) in [6.45, 7) is 5.29. The highest BCUT2D eigenvalue weighted by molar-refractivity contribution is 9.10. The smallest absolute Gasteiger partial charge is 0.138 e. The van der Waals surface area contributed by atoms with Crippen molar-refractivity contribution in [2.45, 2.75) is 32.7 Å². The van der Waals surface area contributed by atoms with Crippen molar-refractivity contribution in [1.82, 2.24) is 20.1 Å². The second-order valence-corrected chi connectivity index (χ2v) is 5.78. The fraction of sp³-hybridized carbons (Fsp3) is 0.467. The molecule has 1 atom stereocenters. The molecular weight excluding hydrogens is 316 g/mol. The molecule has 4 nitrogen and oxygen atoms in total. The Kier molecular flexibility index (Phi) is 5.31. The molecule has 0 saturated carbocycles. The van der Waals surface area contributed by atoms with Gasteiger partial charge in [0.15, 0.2) is 0 Å². The first-order valence-corrected chi connectivity index (χ1v) is 7.74. The summed E-state index contributed by atoms with van der Waals surface area (Å²) in [7, 11) is 1.94. The first kappa shape index (κ1) is 15.2. The van der Waals surface area contributed by atoms with Crippen molar-refractivity contribution in [3.63, 3.8) is 0 Å². The fourth-order valence-corrected chi connectivity index (χ4v) is 2.78. The molecule has 0 spiro atoms. The number of benzene rings is 1.